The molecule has 1 aromatic heterocycles. The maximum atomic E-state index is 12.4. The fourth-order valence-electron chi connectivity index (χ4n) is 3.73. The van der Waals surface area contributed by atoms with Gasteiger partial charge in [0.2, 0.25) is 0 Å². The van der Waals surface area contributed by atoms with Crippen LogP contribution in [0.1, 0.15) is 30.7 Å². The van der Waals surface area contributed by atoms with Gasteiger partial charge in [-0.15, -0.1) is 17.0 Å². The molecule has 3 nitrogen and oxygen atoms in total. The van der Waals surface area contributed by atoms with Crippen LogP contribution in [0.2, 0.25) is 0 Å². The smallest absolute Gasteiger partial charge is 0.387 e. The van der Waals surface area contributed by atoms with E-state index in [0.29, 0.717) is 0 Å². The van der Waals surface area contributed by atoms with Gasteiger partial charge in [0.1, 0.15) is 17.6 Å². The average molecular weight is 450 g/mol. The molecule has 1 aliphatic heterocycles. The van der Waals surface area contributed by atoms with Crippen LogP contribution >= 0.6 is 17.0 Å². The van der Waals surface area contributed by atoms with E-state index >= 15 is 0 Å². The second-order valence-electron chi connectivity index (χ2n) is 7.01. The molecule has 0 atom stereocenters. The number of aryl methyl sites for hydroxylation is 2. The first-order valence-electron chi connectivity index (χ1n) is 9.38. The zero-order chi connectivity index (χ0) is 18.8. The molecule has 0 amide bonds. The van der Waals surface area contributed by atoms with Gasteiger partial charge in [-0.25, -0.2) is 4.57 Å². The summed E-state index contributed by atoms with van der Waals surface area (Å²) in [7, 11) is 0. The number of rotatable bonds is 4. The second-order valence-corrected chi connectivity index (χ2v) is 7.01. The van der Waals surface area contributed by atoms with Crippen molar-refractivity contribution in [2.24, 2.45) is 0 Å². The molecule has 0 unspecified atom stereocenters. The molecule has 6 heteroatoms. The maximum absolute atomic E-state index is 12.4. The van der Waals surface area contributed by atoms with Crippen molar-refractivity contribution in [3.63, 3.8) is 0 Å². The van der Waals surface area contributed by atoms with Gasteiger partial charge in [0, 0.05) is 12.0 Å². The summed E-state index contributed by atoms with van der Waals surface area (Å²) in [6.45, 7) is 0.282. The van der Waals surface area contributed by atoms with E-state index in [0.717, 1.165) is 29.9 Å². The molecule has 0 fully saturated rings. The number of benzene rings is 2. The highest BCUT2D eigenvalue weighted by Crippen LogP contribution is 2.28. The normalized spacial score (nSPS) is 13.6. The first-order valence-corrected chi connectivity index (χ1v) is 9.38. The molecule has 148 valence electrons. The summed E-state index contributed by atoms with van der Waals surface area (Å²) in [5, 5.41) is 0. The van der Waals surface area contributed by atoms with Gasteiger partial charge in [0.25, 0.3) is 5.82 Å². The number of fused-ring (bicyclic) bond motifs is 1. The third-order valence-electron chi connectivity index (χ3n) is 5.08. The molecule has 0 bridgehead atoms. The van der Waals surface area contributed by atoms with Gasteiger partial charge in [0.15, 0.2) is 5.69 Å². The van der Waals surface area contributed by atoms with Crippen LogP contribution in [0.25, 0.3) is 16.9 Å². The molecule has 0 saturated carbocycles. The van der Waals surface area contributed by atoms with Gasteiger partial charge in [-0.1, -0.05) is 17.7 Å². The Hall–Kier alpha value is -2.21. The predicted octanol–water partition coefficient (Wildman–Crippen LogP) is 5.65. The van der Waals surface area contributed by atoms with E-state index in [4.69, 9.17) is 0 Å². The lowest BCUT2D eigenvalue weighted by Gasteiger charge is -2.07. The third-order valence-corrected chi connectivity index (χ3v) is 5.08. The molecule has 0 spiro atoms. The van der Waals surface area contributed by atoms with E-state index in [1.54, 1.807) is 12.1 Å². The van der Waals surface area contributed by atoms with Gasteiger partial charge >= 0.3 is 6.61 Å². The lowest BCUT2D eigenvalue weighted by atomic mass is 10.1. The van der Waals surface area contributed by atoms with E-state index in [1.165, 1.54) is 30.7 Å². The molecule has 1 aliphatic rings. The highest BCUT2D eigenvalue weighted by Gasteiger charge is 2.27. The Kier molecular flexibility index (Phi) is 6.50. The molecule has 0 radical (unpaired) electrons. The number of aromatic nitrogens is 2. The molecule has 0 aliphatic carbocycles. The minimum absolute atomic E-state index is 0. The number of halogens is 3. The quantitative estimate of drug-likeness (QED) is 0.470. The van der Waals surface area contributed by atoms with Crippen molar-refractivity contribution in [3.05, 3.63) is 66.1 Å². The van der Waals surface area contributed by atoms with E-state index in [2.05, 4.69) is 51.3 Å². The van der Waals surface area contributed by atoms with Crippen molar-refractivity contribution in [1.82, 2.24) is 4.57 Å². The topological polar surface area (TPSA) is 18.0 Å². The summed E-state index contributed by atoms with van der Waals surface area (Å²) in [5.74, 6) is 1.47. The molecule has 2 heterocycles. The van der Waals surface area contributed by atoms with Crippen molar-refractivity contribution in [3.8, 4) is 22.7 Å². The molecular formula is C22H24BrF2N2O+. The van der Waals surface area contributed by atoms with Crippen molar-refractivity contribution >= 4 is 17.0 Å². The molecule has 28 heavy (non-hydrogen) atoms. The molecule has 0 saturated heterocycles. The van der Waals surface area contributed by atoms with Gasteiger partial charge in [-0.3, -0.25) is 0 Å². The molecule has 3 aromatic rings. The van der Waals surface area contributed by atoms with Crippen LogP contribution in [0.15, 0.2) is 54.7 Å². The van der Waals surface area contributed by atoms with Gasteiger partial charge < -0.3 is 4.74 Å². The van der Waals surface area contributed by atoms with Crippen molar-refractivity contribution in [1.29, 1.82) is 0 Å². The fraction of sp³-hybridized carbons (Fsp3) is 0.318. The summed E-state index contributed by atoms with van der Waals surface area (Å²) >= 11 is 0. The second kappa shape index (κ2) is 8.86. The largest absolute Gasteiger partial charge is 0.435 e. The van der Waals surface area contributed by atoms with Crippen LogP contribution in [0.3, 0.4) is 0 Å². The Bertz CT molecular complexity index is 921. The molecular weight excluding hydrogens is 426 g/mol. The molecule has 2 aromatic carbocycles. The van der Waals surface area contributed by atoms with Crippen LogP contribution in [0.5, 0.6) is 5.75 Å². The third kappa shape index (κ3) is 4.27. The van der Waals surface area contributed by atoms with Crippen molar-refractivity contribution in [2.45, 2.75) is 45.8 Å². The van der Waals surface area contributed by atoms with E-state index in [1.807, 2.05) is 12.1 Å². The number of hydrogen-bond acceptors (Lipinski definition) is 1. The lowest BCUT2D eigenvalue weighted by Crippen LogP contribution is -2.35. The number of hydrogen-bond donors (Lipinski definition) is 0. The predicted molar refractivity (Wildman–Crippen MR) is 111 cm³/mol. The Morgan fingerprint density at radius 1 is 0.964 bits per heavy atom. The summed E-state index contributed by atoms with van der Waals surface area (Å²) < 4.78 is 34.0. The number of alkyl halides is 2. The summed E-state index contributed by atoms with van der Waals surface area (Å²) in [6, 6.07) is 15.4. The minimum atomic E-state index is -2.81. The Labute approximate surface area is 174 Å². The maximum Gasteiger partial charge on any atom is 0.387 e. The zero-order valence-corrected chi connectivity index (χ0v) is 17.5. The standard InChI is InChI=1S/C22H23F2N2O.BrH/c1-16-6-10-18(11-7-16)26-20(15-25-14-4-2-3-5-21(25)26)17-8-12-19(13-9-17)27-22(23)24;/h6-13,15,22H,2-5,14H2,1H3;1H/q+1;. The monoisotopic (exact) mass is 449 g/mol. The summed E-state index contributed by atoms with van der Waals surface area (Å²) in [6.07, 6.45) is 6.81. The van der Waals surface area contributed by atoms with E-state index in [-0.39, 0.29) is 22.7 Å². The van der Waals surface area contributed by atoms with Crippen LogP contribution in [0.4, 0.5) is 8.78 Å². The van der Waals surface area contributed by atoms with Crippen molar-refractivity contribution < 1.29 is 18.1 Å². The van der Waals surface area contributed by atoms with E-state index < -0.39 is 6.61 Å². The first kappa shape index (κ1) is 20.5. The highest BCUT2D eigenvalue weighted by atomic mass is 79.9. The zero-order valence-electron chi connectivity index (χ0n) is 15.8. The fourth-order valence-corrected chi connectivity index (χ4v) is 3.73. The highest BCUT2D eigenvalue weighted by molar-refractivity contribution is 8.93. The minimum Gasteiger partial charge on any atom is -0.435 e. The van der Waals surface area contributed by atoms with Crippen LogP contribution in [-0.2, 0) is 13.0 Å². The average Bonchev–Trinajstić information content (AvgIpc) is 2.85. The van der Waals surface area contributed by atoms with Crippen LogP contribution in [0, 0.1) is 6.92 Å². The van der Waals surface area contributed by atoms with Gasteiger partial charge in [-0.2, -0.15) is 13.3 Å². The number of imidazole rings is 1. The van der Waals surface area contributed by atoms with Gasteiger partial charge in [-0.05, 0) is 62.6 Å². The number of ether oxygens (including phenoxy) is 1. The summed E-state index contributed by atoms with van der Waals surface area (Å²) in [4.78, 5) is 0. The Morgan fingerprint density at radius 2 is 1.68 bits per heavy atom. The lowest BCUT2D eigenvalue weighted by molar-refractivity contribution is -0.702. The Morgan fingerprint density at radius 3 is 2.36 bits per heavy atom. The van der Waals surface area contributed by atoms with Gasteiger partial charge in [0.05, 0.1) is 6.54 Å². The Balaban J connectivity index is 0.00000225. The SMILES string of the molecule is Br.Cc1ccc(-n2c(-c3ccc(OC(F)F)cc3)c[n+]3c2CCCCC3)cc1. The summed E-state index contributed by atoms with van der Waals surface area (Å²) in [5.41, 5.74) is 4.40. The van der Waals surface area contributed by atoms with Crippen molar-refractivity contribution in [2.75, 3.05) is 0 Å². The van der Waals surface area contributed by atoms with Crippen LogP contribution < -0.4 is 9.30 Å². The molecule has 4 rings (SSSR count). The van der Waals surface area contributed by atoms with Crippen LogP contribution in [-0.4, -0.2) is 11.2 Å². The number of nitrogens with zero attached hydrogens (tertiary/aromatic N) is 2. The molecule has 0 N–H and O–H groups in total. The first-order chi connectivity index (χ1) is 13.1. The van der Waals surface area contributed by atoms with E-state index in [9.17, 15) is 8.78 Å².